The highest BCUT2D eigenvalue weighted by Gasteiger charge is 2.11. The number of ether oxygens (including phenoxy) is 2. The average Bonchev–Trinajstić information content (AvgIpc) is 2.84. The normalized spacial score (nSPS) is 11.9. The second-order valence-electron chi connectivity index (χ2n) is 7.60. The fourth-order valence-electron chi connectivity index (χ4n) is 3.35. The summed E-state index contributed by atoms with van der Waals surface area (Å²) in [7, 11) is 0. The zero-order chi connectivity index (χ0) is 24.1. The van der Waals surface area contributed by atoms with Crippen molar-refractivity contribution in [2.75, 3.05) is 13.2 Å². The highest BCUT2D eigenvalue weighted by molar-refractivity contribution is 6.34. The van der Waals surface area contributed by atoms with Gasteiger partial charge in [-0.05, 0) is 54.1 Å². The Balaban J connectivity index is 1.31. The van der Waals surface area contributed by atoms with Crippen molar-refractivity contribution in [3.63, 3.8) is 0 Å². The molecule has 1 atom stereocenters. The van der Waals surface area contributed by atoms with Crippen molar-refractivity contribution in [1.29, 1.82) is 0 Å². The van der Waals surface area contributed by atoms with Crippen LogP contribution in [-0.4, -0.2) is 35.5 Å². The Morgan fingerprint density at radius 2 is 1.76 bits per heavy atom. The maximum atomic E-state index is 12.4. The lowest BCUT2D eigenvalue weighted by molar-refractivity contribution is 0.00547. The van der Waals surface area contributed by atoms with Crippen LogP contribution in [0.1, 0.15) is 15.9 Å². The van der Waals surface area contributed by atoms with Crippen molar-refractivity contribution in [2.24, 2.45) is 0 Å². The minimum Gasteiger partial charge on any atom is -0.491 e. The summed E-state index contributed by atoms with van der Waals surface area (Å²) < 4.78 is 16.9. The number of para-hydroxylation sites is 1. The van der Waals surface area contributed by atoms with Crippen LogP contribution < -0.4 is 10.2 Å². The number of aromatic carboxylic acids is 1. The lowest BCUT2D eigenvalue weighted by atomic mass is 10.1. The quantitative estimate of drug-likeness (QED) is 0.355. The Kier molecular flexibility index (Phi) is 7.27. The number of carboxylic acids is 1. The first-order valence-electron chi connectivity index (χ1n) is 10.4. The average molecular weight is 481 g/mol. The molecule has 34 heavy (non-hydrogen) atoms. The molecule has 0 aliphatic heterocycles. The molecule has 174 valence electrons. The highest BCUT2D eigenvalue weighted by Crippen LogP contribution is 2.28. The Morgan fingerprint density at radius 1 is 1.00 bits per heavy atom. The van der Waals surface area contributed by atoms with Crippen molar-refractivity contribution in [3.05, 3.63) is 99.2 Å². The van der Waals surface area contributed by atoms with Crippen molar-refractivity contribution in [1.82, 2.24) is 0 Å². The largest absolute Gasteiger partial charge is 0.491 e. The molecule has 4 rings (SSSR count). The Labute approximate surface area is 199 Å². The molecule has 1 heterocycles. The molecule has 1 unspecified atom stereocenters. The third-order valence-electron chi connectivity index (χ3n) is 5.04. The molecular formula is C26H21ClO7. The second kappa shape index (κ2) is 10.5. The number of benzene rings is 3. The summed E-state index contributed by atoms with van der Waals surface area (Å²) in [5.74, 6) is -0.0939. The first-order valence-corrected chi connectivity index (χ1v) is 10.8. The summed E-state index contributed by atoms with van der Waals surface area (Å²) in [4.78, 5) is 23.4. The maximum Gasteiger partial charge on any atom is 0.335 e. The Bertz CT molecular complexity index is 1360. The van der Waals surface area contributed by atoms with E-state index in [4.69, 9.17) is 30.6 Å². The van der Waals surface area contributed by atoms with Crippen molar-refractivity contribution >= 4 is 28.5 Å². The molecule has 0 bridgehead atoms. The van der Waals surface area contributed by atoms with Gasteiger partial charge in [-0.1, -0.05) is 29.8 Å². The number of fused-ring (bicyclic) bond motifs is 1. The Hall–Kier alpha value is -3.65. The van der Waals surface area contributed by atoms with E-state index >= 15 is 0 Å². The molecule has 4 aromatic rings. The van der Waals surface area contributed by atoms with Gasteiger partial charge in [-0.25, -0.2) is 4.79 Å². The molecule has 8 heteroatoms. The van der Waals surface area contributed by atoms with E-state index in [0.717, 1.165) is 0 Å². The summed E-state index contributed by atoms with van der Waals surface area (Å²) in [5, 5.41) is 19.9. The van der Waals surface area contributed by atoms with Crippen LogP contribution in [0.3, 0.4) is 0 Å². The first kappa shape index (κ1) is 23.5. The summed E-state index contributed by atoms with van der Waals surface area (Å²) in [6.45, 7) is 0.210. The first-order chi connectivity index (χ1) is 16.4. The molecule has 0 aliphatic rings. The van der Waals surface area contributed by atoms with Crippen molar-refractivity contribution < 1.29 is 28.9 Å². The van der Waals surface area contributed by atoms with Gasteiger partial charge in [0.25, 0.3) is 0 Å². The fourth-order valence-corrected chi connectivity index (χ4v) is 3.56. The molecular weight excluding hydrogens is 460 g/mol. The number of carbonyl (C=O) groups is 1. The molecule has 0 saturated carbocycles. The van der Waals surface area contributed by atoms with Crippen LogP contribution in [0.5, 0.6) is 5.75 Å². The van der Waals surface area contributed by atoms with Crippen LogP contribution >= 0.6 is 11.6 Å². The lowest BCUT2D eigenvalue weighted by Crippen LogP contribution is -2.23. The van der Waals surface area contributed by atoms with Crippen LogP contribution in [0.4, 0.5) is 0 Å². The van der Waals surface area contributed by atoms with Gasteiger partial charge in [0, 0.05) is 11.6 Å². The van der Waals surface area contributed by atoms with E-state index in [1.54, 1.807) is 54.6 Å². The number of carboxylic acid groups (broad SMARTS) is 1. The smallest absolute Gasteiger partial charge is 0.335 e. The third-order valence-corrected chi connectivity index (χ3v) is 5.34. The van der Waals surface area contributed by atoms with Crippen LogP contribution in [0.15, 0.2) is 82.0 Å². The summed E-state index contributed by atoms with van der Waals surface area (Å²) in [6, 6.07) is 19.8. The van der Waals surface area contributed by atoms with Crippen LogP contribution in [0.25, 0.3) is 22.3 Å². The van der Waals surface area contributed by atoms with Gasteiger partial charge >= 0.3 is 5.97 Å². The minimum absolute atomic E-state index is 0.00911. The van der Waals surface area contributed by atoms with Gasteiger partial charge in [0.2, 0.25) is 0 Å². The molecule has 0 saturated heterocycles. The van der Waals surface area contributed by atoms with E-state index in [1.165, 1.54) is 18.2 Å². The third kappa shape index (κ3) is 5.63. The lowest BCUT2D eigenvalue weighted by Gasteiger charge is -2.13. The fraction of sp³-hybridized carbons (Fsp3) is 0.154. The second-order valence-corrected chi connectivity index (χ2v) is 8.01. The summed E-state index contributed by atoms with van der Waals surface area (Å²) >= 11 is 6.16. The van der Waals surface area contributed by atoms with E-state index in [-0.39, 0.29) is 30.8 Å². The van der Waals surface area contributed by atoms with Gasteiger partial charge in [-0.2, -0.15) is 0 Å². The van der Waals surface area contributed by atoms with E-state index in [9.17, 15) is 14.7 Å². The van der Waals surface area contributed by atoms with Gasteiger partial charge in [0.15, 0.2) is 11.0 Å². The van der Waals surface area contributed by atoms with Gasteiger partial charge in [0.1, 0.15) is 24.2 Å². The Morgan fingerprint density at radius 3 is 2.53 bits per heavy atom. The SMILES string of the molecule is O=C(O)c1cccc(COCC(O)COc2ccc(-c3cc(=O)c4cccc(Cl)c4o3)cc2)c1. The van der Waals surface area contributed by atoms with E-state index in [2.05, 4.69) is 0 Å². The van der Waals surface area contributed by atoms with Gasteiger partial charge in [-0.3, -0.25) is 4.79 Å². The number of rotatable bonds is 9. The number of halogens is 1. The monoisotopic (exact) mass is 480 g/mol. The summed E-state index contributed by atoms with van der Waals surface area (Å²) in [5.41, 5.74) is 1.71. The van der Waals surface area contributed by atoms with Gasteiger partial charge in [0.05, 0.1) is 29.2 Å². The van der Waals surface area contributed by atoms with Crippen LogP contribution in [0, 0.1) is 0 Å². The maximum absolute atomic E-state index is 12.4. The van der Waals surface area contributed by atoms with E-state index in [1.807, 2.05) is 0 Å². The summed E-state index contributed by atoms with van der Waals surface area (Å²) in [6.07, 6.45) is -0.872. The van der Waals surface area contributed by atoms with Crippen molar-refractivity contribution in [2.45, 2.75) is 12.7 Å². The molecule has 0 aliphatic carbocycles. The molecule has 3 aromatic carbocycles. The van der Waals surface area contributed by atoms with Crippen LogP contribution in [0.2, 0.25) is 5.02 Å². The molecule has 0 radical (unpaired) electrons. The number of hydrogen-bond donors (Lipinski definition) is 2. The topological polar surface area (TPSA) is 106 Å². The van der Waals surface area contributed by atoms with E-state index < -0.39 is 12.1 Å². The highest BCUT2D eigenvalue weighted by atomic mass is 35.5. The molecule has 0 amide bonds. The predicted octanol–water partition coefficient (Wildman–Crippen LogP) is 4.77. The number of aliphatic hydroxyl groups excluding tert-OH is 1. The van der Waals surface area contributed by atoms with Crippen molar-refractivity contribution in [3.8, 4) is 17.1 Å². The number of aliphatic hydroxyl groups is 1. The molecule has 7 nitrogen and oxygen atoms in total. The number of hydrogen-bond acceptors (Lipinski definition) is 6. The zero-order valence-electron chi connectivity index (χ0n) is 17.9. The predicted molar refractivity (Wildman–Crippen MR) is 127 cm³/mol. The van der Waals surface area contributed by atoms with E-state index in [0.29, 0.717) is 38.6 Å². The van der Waals surface area contributed by atoms with Crippen LogP contribution in [-0.2, 0) is 11.3 Å². The molecule has 0 spiro atoms. The standard InChI is InChI=1S/C26H21ClO7/c27-22-6-2-5-21-23(29)12-24(34-25(21)22)17-7-9-20(10-8-17)33-15-19(28)14-32-13-16-3-1-4-18(11-16)26(30)31/h1-12,19,28H,13-15H2,(H,30,31). The molecule has 1 aromatic heterocycles. The van der Waals surface area contributed by atoms with Gasteiger partial charge in [-0.15, -0.1) is 0 Å². The molecule has 2 N–H and O–H groups in total. The molecule has 0 fully saturated rings. The minimum atomic E-state index is -1.01. The zero-order valence-corrected chi connectivity index (χ0v) is 18.7. The van der Waals surface area contributed by atoms with Gasteiger partial charge < -0.3 is 24.1 Å².